The molecule has 3 aromatic heterocycles. The number of nitrogens with zero attached hydrogens (tertiary/aromatic N) is 2. The Morgan fingerprint density at radius 1 is 1.25 bits per heavy atom. The molecule has 24 heavy (non-hydrogen) atoms. The van der Waals surface area contributed by atoms with Gasteiger partial charge in [0.1, 0.15) is 10.8 Å². The minimum absolute atomic E-state index is 0.233. The Morgan fingerprint density at radius 3 is 2.96 bits per heavy atom. The van der Waals surface area contributed by atoms with Crippen molar-refractivity contribution in [2.75, 3.05) is 13.7 Å². The molecule has 122 valence electrons. The van der Waals surface area contributed by atoms with Crippen LogP contribution in [0.15, 0.2) is 46.6 Å². The van der Waals surface area contributed by atoms with Crippen LogP contribution >= 0.6 is 22.7 Å². The summed E-state index contributed by atoms with van der Waals surface area (Å²) in [5, 5.41) is 7.97. The molecular weight excluding hydrogens is 343 g/mol. The highest BCUT2D eigenvalue weighted by atomic mass is 32.1. The van der Waals surface area contributed by atoms with Crippen LogP contribution in [0.3, 0.4) is 0 Å². The summed E-state index contributed by atoms with van der Waals surface area (Å²) in [4.78, 5) is 4.75. The third-order valence-electron chi connectivity index (χ3n) is 3.93. The number of thiophene rings is 1. The molecule has 3 nitrogen and oxygen atoms in total. The molecular formula is C18H15FN2OS2. The predicted molar refractivity (Wildman–Crippen MR) is 98.2 cm³/mol. The van der Waals surface area contributed by atoms with Gasteiger partial charge < -0.3 is 9.30 Å². The van der Waals surface area contributed by atoms with E-state index in [4.69, 9.17) is 9.72 Å². The van der Waals surface area contributed by atoms with E-state index in [1.165, 1.54) is 6.07 Å². The second-order valence-electron chi connectivity index (χ2n) is 5.44. The van der Waals surface area contributed by atoms with Crippen molar-refractivity contribution in [3.63, 3.8) is 0 Å². The van der Waals surface area contributed by atoms with E-state index in [0.717, 1.165) is 39.3 Å². The number of fused-ring (bicyclic) bond motifs is 1. The Labute approximate surface area is 147 Å². The molecule has 0 amide bonds. The number of ether oxygens (including phenoxy) is 1. The zero-order valence-corrected chi connectivity index (χ0v) is 14.7. The van der Waals surface area contributed by atoms with Gasteiger partial charge in [-0.05, 0) is 29.6 Å². The van der Waals surface area contributed by atoms with Gasteiger partial charge >= 0.3 is 0 Å². The van der Waals surface area contributed by atoms with Gasteiger partial charge in [0.2, 0.25) is 0 Å². The number of thiazole rings is 1. The lowest BCUT2D eigenvalue weighted by Crippen LogP contribution is -2.02. The molecule has 0 aliphatic rings. The lowest BCUT2D eigenvalue weighted by atomic mass is 10.2. The summed E-state index contributed by atoms with van der Waals surface area (Å²) in [5.41, 5.74) is 4.05. The monoisotopic (exact) mass is 358 g/mol. The number of methoxy groups -OCH3 is 1. The maximum atomic E-state index is 13.8. The van der Waals surface area contributed by atoms with Gasteiger partial charge in [-0.1, -0.05) is 0 Å². The first-order valence-corrected chi connectivity index (χ1v) is 9.34. The summed E-state index contributed by atoms with van der Waals surface area (Å²) >= 11 is 3.24. The van der Waals surface area contributed by atoms with E-state index in [9.17, 15) is 4.39 Å². The highest BCUT2D eigenvalue weighted by Gasteiger charge is 2.15. The van der Waals surface area contributed by atoms with Crippen LogP contribution in [0.1, 0.15) is 0 Å². The van der Waals surface area contributed by atoms with Gasteiger partial charge in [-0.25, -0.2) is 9.37 Å². The van der Waals surface area contributed by atoms with Crippen molar-refractivity contribution in [2.24, 2.45) is 0 Å². The van der Waals surface area contributed by atoms with E-state index >= 15 is 0 Å². The second-order valence-corrected chi connectivity index (χ2v) is 7.08. The van der Waals surface area contributed by atoms with E-state index in [-0.39, 0.29) is 5.82 Å². The molecule has 0 fully saturated rings. The first kappa shape index (κ1) is 15.5. The standard InChI is InChI=1S/C18H15FN2OS2/c1-22-6-5-21-9-15(14-8-13(19)2-3-17(14)21)18-20-16(11-24-18)12-4-7-23-10-12/h2-4,7-11H,5-6H2,1H3. The predicted octanol–water partition coefficient (Wildman–Crippen LogP) is 5.28. The molecule has 0 unspecified atom stereocenters. The van der Waals surface area contributed by atoms with Crippen molar-refractivity contribution >= 4 is 33.6 Å². The van der Waals surface area contributed by atoms with Crippen LogP contribution in [0.4, 0.5) is 4.39 Å². The minimum atomic E-state index is -0.233. The molecule has 0 atom stereocenters. The fraction of sp³-hybridized carbons (Fsp3) is 0.167. The molecule has 0 aliphatic heterocycles. The maximum Gasteiger partial charge on any atom is 0.126 e. The van der Waals surface area contributed by atoms with Gasteiger partial charge in [-0.15, -0.1) is 11.3 Å². The smallest absolute Gasteiger partial charge is 0.126 e. The molecule has 0 radical (unpaired) electrons. The van der Waals surface area contributed by atoms with E-state index in [1.807, 2.05) is 17.6 Å². The molecule has 0 saturated heterocycles. The van der Waals surface area contributed by atoms with E-state index in [0.29, 0.717) is 6.61 Å². The van der Waals surface area contributed by atoms with Gasteiger partial charge in [0.15, 0.2) is 0 Å². The molecule has 4 aromatic rings. The highest BCUT2D eigenvalue weighted by molar-refractivity contribution is 7.13. The van der Waals surface area contributed by atoms with Gasteiger partial charge in [0, 0.05) is 52.6 Å². The average Bonchev–Trinajstić information content (AvgIpc) is 3.31. The highest BCUT2D eigenvalue weighted by Crippen LogP contribution is 2.35. The van der Waals surface area contributed by atoms with Crippen LogP contribution in [-0.4, -0.2) is 23.3 Å². The van der Waals surface area contributed by atoms with Crippen molar-refractivity contribution in [2.45, 2.75) is 6.54 Å². The SMILES string of the molecule is COCCn1cc(-c2nc(-c3ccsc3)cs2)c2cc(F)ccc21. The number of hydrogen-bond acceptors (Lipinski definition) is 4. The Kier molecular flexibility index (Phi) is 4.18. The molecule has 0 N–H and O–H groups in total. The van der Waals surface area contributed by atoms with Gasteiger partial charge in [-0.3, -0.25) is 0 Å². The Hall–Kier alpha value is -2.02. The van der Waals surface area contributed by atoms with Crippen LogP contribution < -0.4 is 0 Å². The summed E-state index contributed by atoms with van der Waals surface area (Å²) < 4.78 is 21.0. The number of hydrogen-bond donors (Lipinski definition) is 0. The first-order chi connectivity index (χ1) is 11.8. The quantitative estimate of drug-likeness (QED) is 0.485. The third-order valence-corrected chi connectivity index (χ3v) is 5.49. The van der Waals surface area contributed by atoms with Crippen LogP contribution in [0.5, 0.6) is 0 Å². The minimum Gasteiger partial charge on any atom is -0.383 e. The Balaban J connectivity index is 1.82. The molecule has 0 bridgehead atoms. The number of halogens is 1. The normalized spacial score (nSPS) is 11.4. The zero-order valence-electron chi connectivity index (χ0n) is 13.0. The number of rotatable bonds is 5. The summed E-state index contributed by atoms with van der Waals surface area (Å²) in [6.45, 7) is 1.33. The lowest BCUT2D eigenvalue weighted by Gasteiger charge is -2.03. The van der Waals surface area contributed by atoms with Crippen molar-refractivity contribution in [1.82, 2.24) is 9.55 Å². The second kappa shape index (κ2) is 6.47. The van der Waals surface area contributed by atoms with E-state index < -0.39 is 0 Å². The Bertz CT molecular complexity index is 972. The third kappa shape index (κ3) is 2.77. The summed E-state index contributed by atoms with van der Waals surface area (Å²) in [6.07, 6.45) is 2.04. The molecule has 1 aromatic carbocycles. The lowest BCUT2D eigenvalue weighted by molar-refractivity contribution is 0.188. The summed E-state index contributed by atoms with van der Waals surface area (Å²) in [5.74, 6) is -0.233. The number of aromatic nitrogens is 2. The van der Waals surface area contributed by atoms with Crippen LogP contribution in [0.2, 0.25) is 0 Å². The Morgan fingerprint density at radius 2 is 2.17 bits per heavy atom. The largest absolute Gasteiger partial charge is 0.383 e. The van der Waals surface area contributed by atoms with Crippen molar-refractivity contribution < 1.29 is 9.13 Å². The maximum absolute atomic E-state index is 13.8. The summed E-state index contributed by atoms with van der Waals surface area (Å²) in [7, 11) is 1.68. The van der Waals surface area contributed by atoms with Crippen molar-refractivity contribution in [3.8, 4) is 21.8 Å². The summed E-state index contributed by atoms with van der Waals surface area (Å²) in [6, 6.07) is 6.95. The molecule has 4 rings (SSSR count). The van der Waals surface area contributed by atoms with Crippen LogP contribution in [0.25, 0.3) is 32.7 Å². The number of benzene rings is 1. The van der Waals surface area contributed by atoms with Gasteiger partial charge in [-0.2, -0.15) is 11.3 Å². The molecule has 3 heterocycles. The molecule has 6 heteroatoms. The molecule has 0 saturated carbocycles. The van der Waals surface area contributed by atoms with E-state index in [2.05, 4.69) is 21.4 Å². The van der Waals surface area contributed by atoms with E-state index in [1.54, 1.807) is 35.8 Å². The van der Waals surface area contributed by atoms with Gasteiger partial charge in [0.05, 0.1) is 12.3 Å². The zero-order chi connectivity index (χ0) is 16.5. The molecule has 0 spiro atoms. The van der Waals surface area contributed by atoms with Crippen LogP contribution in [0, 0.1) is 5.82 Å². The van der Waals surface area contributed by atoms with Gasteiger partial charge in [0.25, 0.3) is 0 Å². The van der Waals surface area contributed by atoms with Crippen molar-refractivity contribution in [1.29, 1.82) is 0 Å². The fourth-order valence-corrected chi connectivity index (χ4v) is 4.26. The fourth-order valence-electron chi connectivity index (χ4n) is 2.75. The van der Waals surface area contributed by atoms with Crippen molar-refractivity contribution in [3.05, 3.63) is 52.4 Å². The van der Waals surface area contributed by atoms with Crippen LogP contribution in [-0.2, 0) is 11.3 Å². The average molecular weight is 358 g/mol. The molecule has 0 aliphatic carbocycles. The topological polar surface area (TPSA) is 27.1 Å². The first-order valence-electron chi connectivity index (χ1n) is 7.52.